The van der Waals surface area contributed by atoms with Gasteiger partial charge in [-0.2, -0.15) is 0 Å². The van der Waals surface area contributed by atoms with E-state index < -0.39 is 5.97 Å². The standard InChI is InChI=1S/C3H6O2.Au/c1-2-3(4)5;/h2H2,1H3,(H,4,5);/q;+1/p-1. The summed E-state index contributed by atoms with van der Waals surface area (Å²) in [7, 11) is 0. The molecule has 6 heavy (non-hydrogen) atoms. The van der Waals surface area contributed by atoms with E-state index in [1.807, 2.05) is 0 Å². The van der Waals surface area contributed by atoms with E-state index in [0.29, 0.717) is 0 Å². The van der Waals surface area contributed by atoms with Gasteiger partial charge in [-0.05, 0) is 6.42 Å². The van der Waals surface area contributed by atoms with Gasteiger partial charge in [-0.25, -0.2) is 0 Å². The van der Waals surface area contributed by atoms with E-state index >= 15 is 0 Å². The molecule has 0 unspecified atom stereocenters. The number of carbonyl (C=O) groups is 1. The van der Waals surface area contributed by atoms with Gasteiger partial charge in [-0.15, -0.1) is 0 Å². The van der Waals surface area contributed by atoms with Gasteiger partial charge in [0.05, 0.1) is 0 Å². The molecule has 0 radical (unpaired) electrons. The molecule has 0 aromatic rings. The van der Waals surface area contributed by atoms with E-state index in [2.05, 4.69) is 0 Å². The zero-order valence-electron chi connectivity index (χ0n) is 3.33. The number of hydrogen-bond acceptors (Lipinski definition) is 2. The SMILES string of the molecule is CCC(=O)[O-].[Au+]. The third-order valence-electron chi connectivity index (χ3n) is 0.289. The minimum atomic E-state index is -0.995. The maximum atomic E-state index is 9.26. The fourth-order valence-corrected chi connectivity index (χ4v) is 0. The summed E-state index contributed by atoms with van der Waals surface area (Å²) in [5.41, 5.74) is 0. The molecular formula is C3H5AuO2. The Bertz CT molecular complexity index is 44.1. The van der Waals surface area contributed by atoms with Crippen molar-refractivity contribution in [3.63, 3.8) is 0 Å². The molecule has 0 rings (SSSR count). The fraction of sp³-hybridized carbons (Fsp3) is 0.667. The number of aliphatic carboxylic acids is 1. The van der Waals surface area contributed by atoms with Gasteiger partial charge < -0.3 is 9.90 Å². The topological polar surface area (TPSA) is 40.1 Å². The van der Waals surface area contributed by atoms with E-state index in [0.717, 1.165) is 0 Å². The third kappa shape index (κ3) is 8.88. The first-order valence-electron chi connectivity index (χ1n) is 1.47. The van der Waals surface area contributed by atoms with Crippen LogP contribution in [0.4, 0.5) is 0 Å². The number of hydrogen-bond donors (Lipinski definition) is 0. The monoisotopic (exact) mass is 270 g/mol. The van der Waals surface area contributed by atoms with Gasteiger partial charge in [-0.3, -0.25) is 0 Å². The molecule has 0 heterocycles. The first-order chi connectivity index (χ1) is 2.27. The van der Waals surface area contributed by atoms with E-state index in [4.69, 9.17) is 0 Å². The molecule has 0 aliphatic carbocycles. The Labute approximate surface area is 52.1 Å². The van der Waals surface area contributed by atoms with E-state index in [1.54, 1.807) is 0 Å². The van der Waals surface area contributed by atoms with Crippen LogP contribution in [0.5, 0.6) is 0 Å². The van der Waals surface area contributed by atoms with Gasteiger partial charge in [-0.1, -0.05) is 6.92 Å². The largest absolute Gasteiger partial charge is 1.00 e. The van der Waals surface area contributed by atoms with Crippen molar-refractivity contribution in [2.24, 2.45) is 0 Å². The van der Waals surface area contributed by atoms with Crippen LogP contribution in [-0.2, 0) is 27.2 Å². The summed E-state index contributed by atoms with van der Waals surface area (Å²) in [5, 5.41) is 9.26. The van der Waals surface area contributed by atoms with Crippen LogP contribution in [0.1, 0.15) is 13.3 Å². The Hall–Kier alpha value is 0.210. The van der Waals surface area contributed by atoms with Gasteiger partial charge in [0.25, 0.3) is 0 Å². The quantitative estimate of drug-likeness (QED) is 0.582. The van der Waals surface area contributed by atoms with Crippen molar-refractivity contribution in [1.82, 2.24) is 0 Å². The van der Waals surface area contributed by atoms with Crippen LogP contribution >= 0.6 is 0 Å². The minimum absolute atomic E-state index is 0. The normalized spacial score (nSPS) is 6.17. The molecule has 0 saturated carbocycles. The Kier molecular flexibility index (Phi) is 8.26. The Balaban J connectivity index is 0. The van der Waals surface area contributed by atoms with Crippen LogP contribution in [0.3, 0.4) is 0 Å². The molecule has 0 atom stereocenters. The molecule has 40 valence electrons. The van der Waals surface area contributed by atoms with Gasteiger partial charge in [0.1, 0.15) is 0 Å². The van der Waals surface area contributed by atoms with E-state index in [9.17, 15) is 9.90 Å². The summed E-state index contributed by atoms with van der Waals surface area (Å²) in [6.07, 6.45) is 0.111. The summed E-state index contributed by atoms with van der Waals surface area (Å²) in [6.45, 7) is 1.54. The van der Waals surface area contributed by atoms with Crippen molar-refractivity contribution in [1.29, 1.82) is 0 Å². The number of rotatable bonds is 1. The molecule has 0 aliphatic heterocycles. The van der Waals surface area contributed by atoms with Gasteiger partial charge >= 0.3 is 22.4 Å². The predicted molar refractivity (Wildman–Crippen MR) is 15.3 cm³/mol. The van der Waals surface area contributed by atoms with Crippen molar-refractivity contribution >= 4 is 5.97 Å². The Morgan fingerprint density at radius 3 is 2.00 bits per heavy atom. The maximum absolute atomic E-state index is 9.26. The van der Waals surface area contributed by atoms with Crippen LogP contribution in [0.2, 0.25) is 0 Å². The van der Waals surface area contributed by atoms with Crippen molar-refractivity contribution in [3.8, 4) is 0 Å². The molecule has 0 aromatic heterocycles. The van der Waals surface area contributed by atoms with Crippen LogP contribution in [0.25, 0.3) is 0 Å². The second-order valence-electron chi connectivity index (χ2n) is 0.726. The molecule has 0 N–H and O–H groups in total. The van der Waals surface area contributed by atoms with Crippen molar-refractivity contribution < 1.29 is 32.3 Å². The molecule has 0 aromatic carbocycles. The summed E-state index contributed by atoms with van der Waals surface area (Å²) in [6, 6.07) is 0. The molecule has 0 fully saturated rings. The minimum Gasteiger partial charge on any atom is -0.550 e. The molecular weight excluding hydrogens is 265 g/mol. The first-order valence-corrected chi connectivity index (χ1v) is 1.47. The molecule has 0 amide bonds. The summed E-state index contributed by atoms with van der Waals surface area (Å²) < 4.78 is 0. The number of carboxylic acid groups (broad SMARTS) is 1. The number of carbonyl (C=O) groups excluding carboxylic acids is 1. The second kappa shape index (κ2) is 5.21. The molecule has 0 bridgehead atoms. The van der Waals surface area contributed by atoms with Gasteiger partial charge in [0, 0.05) is 5.97 Å². The average molecular weight is 270 g/mol. The first kappa shape index (κ1) is 9.51. The van der Waals surface area contributed by atoms with Crippen LogP contribution in [0.15, 0.2) is 0 Å². The van der Waals surface area contributed by atoms with Gasteiger partial charge in [0.2, 0.25) is 0 Å². The van der Waals surface area contributed by atoms with Gasteiger partial charge in [0.15, 0.2) is 0 Å². The zero-order valence-corrected chi connectivity index (χ0v) is 5.49. The maximum Gasteiger partial charge on any atom is 1.00 e. The van der Waals surface area contributed by atoms with Crippen molar-refractivity contribution in [3.05, 3.63) is 0 Å². The van der Waals surface area contributed by atoms with Crippen LogP contribution < -0.4 is 5.11 Å². The van der Waals surface area contributed by atoms with Crippen molar-refractivity contribution in [2.45, 2.75) is 13.3 Å². The average Bonchev–Trinajstić information content (AvgIpc) is 1.38. The second-order valence-corrected chi connectivity index (χ2v) is 0.726. The van der Waals surface area contributed by atoms with Crippen LogP contribution in [-0.4, -0.2) is 5.97 Å². The molecule has 2 nitrogen and oxygen atoms in total. The smallest absolute Gasteiger partial charge is 0.550 e. The fourth-order valence-electron chi connectivity index (χ4n) is 0. The number of carboxylic acids is 1. The van der Waals surface area contributed by atoms with E-state index in [-0.39, 0.29) is 28.8 Å². The molecule has 0 aliphatic rings. The summed E-state index contributed by atoms with van der Waals surface area (Å²) in [5.74, 6) is -0.995. The molecule has 0 spiro atoms. The Morgan fingerprint density at radius 1 is 1.83 bits per heavy atom. The van der Waals surface area contributed by atoms with Crippen molar-refractivity contribution in [2.75, 3.05) is 0 Å². The summed E-state index contributed by atoms with van der Waals surface area (Å²) >= 11 is 0. The molecule has 3 heteroatoms. The van der Waals surface area contributed by atoms with Crippen LogP contribution in [0, 0.1) is 0 Å². The van der Waals surface area contributed by atoms with E-state index in [1.165, 1.54) is 6.92 Å². The zero-order chi connectivity index (χ0) is 4.28. The third-order valence-corrected chi connectivity index (χ3v) is 0.289. The Morgan fingerprint density at radius 2 is 2.00 bits per heavy atom. The molecule has 0 saturated heterocycles. The predicted octanol–water partition coefficient (Wildman–Crippen LogP) is -0.856. The summed E-state index contributed by atoms with van der Waals surface area (Å²) in [4.78, 5) is 9.26.